The Kier molecular flexibility index (Phi) is 5.01. The predicted molar refractivity (Wildman–Crippen MR) is 74.4 cm³/mol. The zero-order valence-electron chi connectivity index (χ0n) is 11.5. The maximum absolute atomic E-state index is 5.68. The number of ether oxygens (including phenoxy) is 3. The SMILES string of the molecule is COC1CN(CCOc2ccc(N)cc2)CC1OC. The van der Waals surface area contributed by atoms with Gasteiger partial charge in [0.15, 0.2) is 0 Å². The molecule has 19 heavy (non-hydrogen) atoms. The van der Waals surface area contributed by atoms with Crippen LogP contribution in [0.2, 0.25) is 0 Å². The van der Waals surface area contributed by atoms with Gasteiger partial charge in [-0.2, -0.15) is 0 Å². The van der Waals surface area contributed by atoms with Crippen LogP contribution >= 0.6 is 0 Å². The van der Waals surface area contributed by atoms with Crippen molar-refractivity contribution in [2.24, 2.45) is 0 Å². The maximum atomic E-state index is 5.68. The van der Waals surface area contributed by atoms with Gasteiger partial charge in [-0.25, -0.2) is 0 Å². The van der Waals surface area contributed by atoms with E-state index in [0.717, 1.165) is 31.1 Å². The minimum Gasteiger partial charge on any atom is -0.492 e. The molecule has 106 valence electrons. The van der Waals surface area contributed by atoms with Crippen LogP contribution < -0.4 is 10.5 Å². The molecule has 2 N–H and O–H groups in total. The summed E-state index contributed by atoms with van der Waals surface area (Å²) in [6.45, 7) is 3.29. The summed E-state index contributed by atoms with van der Waals surface area (Å²) >= 11 is 0. The fourth-order valence-corrected chi connectivity index (χ4v) is 2.31. The molecule has 0 radical (unpaired) electrons. The molecule has 2 rings (SSSR count). The Balaban J connectivity index is 1.73. The zero-order chi connectivity index (χ0) is 13.7. The second-order valence-corrected chi connectivity index (χ2v) is 4.73. The van der Waals surface area contributed by atoms with Crippen LogP contribution in [0.5, 0.6) is 5.75 Å². The Hall–Kier alpha value is -1.30. The third-order valence-electron chi connectivity index (χ3n) is 3.45. The highest BCUT2D eigenvalue weighted by atomic mass is 16.5. The second-order valence-electron chi connectivity index (χ2n) is 4.73. The molecule has 1 saturated heterocycles. The third-order valence-corrected chi connectivity index (χ3v) is 3.45. The second kappa shape index (κ2) is 6.75. The van der Waals surface area contributed by atoms with Crippen LogP contribution in [0, 0.1) is 0 Å². The molecular formula is C14H22N2O3. The molecule has 0 amide bonds. The zero-order valence-corrected chi connectivity index (χ0v) is 11.5. The molecular weight excluding hydrogens is 244 g/mol. The van der Waals surface area contributed by atoms with Crippen molar-refractivity contribution >= 4 is 5.69 Å². The van der Waals surface area contributed by atoms with Crippen LogP contribution in [0.1, 0.15) is 0 Å². The molecule has 1 aromatic rings. The Morgan fingerprint density at radius 3 is 2.21 bits per heavy atom. The van der Waals surface area contributed by atoms with Crippen LogP contribution in [0.15, 0.2) is 24.3 Å². The Bertz CT molecular complexity index is 371. The van der Waals surface area contributed by atoms with E-state index in [9.17, 15) is 0 Å². The number of rotatable bonds is 6. The van der Waals surface area contributed by atoms with Gasteiger partial charge in [0, 0.05) is 39.5 Å². The largest absolute Gasteiger partial charge is 0.492 e. The molecule has 1 heterocycles. The highest BCUT2D eigenvalue weighted by molar-refractivity contribution is 5.41. The van der Waals surface area contributed by atoms with Gasteiger partial charge in [-0.3, -0.25) is 4.90 Å². The molecule has 5 nitrogen and oxygen atoms in total. The highest BCUT2D eigenvalue weighted by Gasteiger charge is 2.32. The van der Waals surface area contributed by atoms with E-state index < -0.39 is 0 Å². The molecule has 5 heteroatoms. The van der Waals surface area contributed by atoms with E-state index in [1.165, 1.54) is 0 Å². The lowest BCUT2D eigenvalue weighted by molar-refractivity contribution is -0.00461. The van der Waals surface area contributed by atoms with E-state index in [1.54, 1.807) is 14.2 Å². The number of benzene rings is 1. The van der Waals surface area contributed by atoms with Gasteiger partial charge in [0.25, 0.3) is 0 Å². The molecule has 2 atom stereocenters. The summed E-state index contributed by atoms with van der Waals surface area (Å²) in [5.74, 6) is 0.847. The van der Waals surface area contributed by atoms with Gasteiger partial charge in [0.05, 0.1) is 12.2 Å². The summed E-state index contributed by atoms with van der Waals surface area (Å²) in [5.41, 5.74) is 6.37. The quantitative estimate of drug-likeness (QED) is 0.778. The van der Waals surface area contributed by atoms with Crippen LogP contribution in [0.4, 0.5) is 5.69 Å². The Morgan fingerprint density at radius 1 is 1.11 bits per heavy atom. The summed E-state index contributed by atoms with van der Waals surface area (Å²) in [5, 5.41) is 0. The number of hydrogen-bond donors (Lipinski definition) is 1. The summed E-state index contributed by atoms with van der Waals surface area (Å²) < 4.78 is 16.5. The lowest BCUT2D eigenvalue weighted by atomic mass is 10.3. The first-order valence-corrected chi connectivity index (χ1v) is 6.49. The molecule has 0 saturated carbocycles. The average Bonchev–Trinajstić information content (AvgIpc) is 2.83. The van der Waals surface area contributed by atoms with Crippen LogP contribution in [-0.4, -0.2) is 57.6 Å². The first kappa shape index (κ1) is 14.1. The fourth-order valence-electron chi connectivity index (χ4n) is 2.31. The maximum Gasteiger partial charge on any atom is 0.119 e. The van der Waals surface area contributed by atoms with Gasteiger partial charge in [-0.1, -0.05) is 0 Å². The highest BCUT2D eigenvalue weighted by Crippen LogP contribution is 2.16. The number of nitrogen functional groups attached to an aromatic ring is 1. The van der Waals surface area contributed by atoms with Crippen LogP contribution in [-0.2, 0) is 9.47 Å². The minimum absolute atomic E-state index is 0.154. The van der Waals surface area contributed by atoms with Crippen LogP contribution in [0.25, 0.3) is 0 Å². The van der Waals surface area contributed by atoms with Crippen molar-refractivity contribution in [3.63, 3.8) is 0 Å². The molecule has 0 spiro atoms. The summed E-state index contributed by atoms with van der Waals surface area (Å²) in [4.78, 5) is 2.29. The van der Waals surface area contributed by atoms with E-state index in [2.05, 4.69) is 4.90 Å². The Morgan fingerprint density at radius 2 is 1.68 bits per heavy atom. The van der Waals surface area contributed by atoms with E-state index >= 15 is 0 Å². The van der Waals surface area contributed by atoms with Gasteiger partial charge >= 0.3 is 0 Å². The van der Waals surface area contributed by atoms with Gasteiger partial charge in [0.1, 0.15) is 12.4 Å². The van der Waals surface area contributed by atoms with Gasteiger partial charge < -0.3 is 19.9 Å². The number of anilines is 1. The first-order valence-electron chi connectivity index (χ1n) is 6.49. The number of likely N-dealkylation sites (tertiary alicyclic amines) is 1. The number of hydrogen-bond acceptors (Lipinski definition) is 5. The van der Waals surface area contributed by atoms with Crippen molar-refractivity contribution in [1.29, 1.82) is 0 Å². The van der Waals surface area contributed by atoms with E-state index in [4.69, 9.17) is 19.9 Å². The van der Waals surface area contributed by atoms with Crippen molar-refractivity contribution in [3.05, 3.63) is 24.3 Å². The van der Waals surface area contributed by atoms with Crippen LogP contribution in [0.3, 0.4) is 0 Å². The molecule has 1 aromatic carbocycles. The molecule has 0 aliphatic carbocycles. The number of nitrogens with two attached hydrogens (primary N) is 1. The Labute approximate surface area is 114 Å². The third kappa shape index (κ3) is 3.83. The summed E-state index contributed by atoms with van der Waals surface area (Å²) in [6, 6.07) is 7.45. The number of nitrogens with zero attached hydrogens (tertiary/aromatic N) is 1. The average molecular weight is 266 g/mol. The van der Waals surface area contributed by atoms with Crippen molar-refractivity contribution in [3.8, 4) is 5.75 Å². The van der Waals surface area contributed by atoms with Gasteiger partial charge in [-0.15, -0.1) is 0 Å². The molecule has 2 unspecified atom stereocenters. The van der Waals surface area contributed by atoms with Gasteiger partial charge in [-0.05, 0) is 24.3 Å². The monoisotopic (exact) mass is 266 g/mol. The standard InChI is InChI=1S/C14H22N2O3/c1-17-13-9-16(10-14(13)18-2)7-8-19-12-5-3-11(15)4-6-12/h3-6,13-14H,7-10,15H2,1-2H3. The number of methoxy groups -OCH3 is 2. The van der Waals surface area contributed by atoms with E-state index in [0.29, 0.717) is 6.61 Å². The normalized spacial score (nSPS) is 23.7. The lowest BCUT2D eigenvalue weighted by Crippen LogP contribution is -2.27. The van der Waals surface area contributed by atoms with Crippen molar-refractivity contribution in [2.75, 3.05) is 46.2 Å². The minimum atomic E-state index is 0.154. The first-order chi connectivity index (χ1) is 9.22. The molecule has 0 aromatic heterocycles. The predicted octanol–water partition coefficient (Wildman–Crippen LogP) is 0.993. The molecule has 0 bridgehead atoms. The van der Waals surface area contributed by atoms with E-state index in [1.807, 2.05) is 24.3 Å². The summed E-state index contributed by atoms with van der Waals surface area (Å²) in [6.07, 6.45) is 0.308. The van der Waals surface area contributed by atoms with E-state index in [-0.39, 0.29) is 12.2 Å². The fraction of sp³-hybridized carbons (Fsp3) is 0.571. The smallest absolute Gasteiger partial charge is 0.119 e. The van der Waals surface area contributed by atoms with Crippen molar-refractivity contribution in [2.45, 2.75) is 12.2 Å². The van der Waals surface area contributed by atoms with Crippen molar-refractivity contribution in [1.82, 2.24) is 4.90 Å². The van der Waals surface area contributed by atoms with Gasteiger partial charge in [0.2, 0.25) is 0 Å². The lowest BCUT2D eigenvalue weighted by Gasteiger charge is -2.15. The topological polar surface area (TPSA) is 57.0 Å². The molecule has 1 aliphatic rings. The molecule has 1 aliphatic heterocycles. The molecule has 1 fully saturated rings. The summed E-state index contributed by atoms with van der Waals surface area (Å²) in [7, 11) is 3.45. The van der Waals surface area contributed by atoms with Crippen molar-refractivity contribution < 1.29 is 14.2 Å².